The lowest BCUT2D eigenvalue weighted by Gasteiger charge is -2.24. The maximum atomic E-state index is 12.1. The topological polar surface area (TPSA) is 103 Å². The molecule has 0 aliphatic heterocycles. The molecule has 0 unspecified atom stereocenters. The maximum absolute atomic E-state index is 12.1. The Balaban J connectivity index is 2.92. The van der Waals surface area contributed by atoms with Crippen molar-refractivity contribution in [3.8, 4) is 0 Å². The van der Waals surface area contributed by atoms with Gasteiger partial charge in [-0.2, -0.15) is 0 Å². The molecule has 1 amide bonds. The number of ether oxygens (including phenoxy) is 1. The van der Waals surface area contributed by atoms with Crippen molar-refractivity contribution in [3.63, 3.8) is 0 Å². The molecule has 0 aromatic carbocycles. The van der Waals surface area contributed by atoms with Crippen LogP contribution in [0.1, 0.15) is 24.4 Å². The fraction of sp³-hybridized carbons (Fsp3) is 0.455. The lowest BCUT2D eigenvalue weighted by Crippen LogP contribution is -2.40. The van der Waals surface area contributed by atoms with Gasteiger partial charge in [0.15, 0.2) is 5.76 Å². The summed E-state index contributed by atoms with van der Waals surface area (Å²) in [6.45, 7) is 3.16. The number of amides is 1. The molecule has 8 nitrogen and oxygen atoms in total. The van der Waals surface area contributed by atoms with E-state index in [4.69, 9.17) is 4.42 Å². The molecule has 1 heterocycles. The number of nitro groups is 1. The van der Waals surface area contributed by atoms with E-state index in [2.05, 4.69) is 4.74 Å². The Morgan fingerprint density at radius 3 is 2.53 bits per heavy atom. The molecule has 0 radical (unpaired) electrons. The molecule has 0 saturated carbocycles. The van der Waals surface area contributed by atoms with E-state index in [1.54, 1.807) is 13.8 Å². The van der Waals surface area contributed by atoms with Gasteiger partial charge in [0.2, 0.25) is 0 Å². The molecule has 1 rings (SSSR count). The zero-order valence-corrected chi connectivity index (χ0v) is 10.8. The minimum atomic E-state index is -0.739. The van der Waals surface area contributed by atoms with Crippen LogP contribution in [0.5, 0.6) is 0 Å². The third kappa shape index (κ3) is 3.54. The third-order valence-electron chi connectivity index (χ3n) is 2.39. The number of rotatable bonds is 5. The quantitative estimate of drug-likeness (QED) is 0.452. The molecular weight excluding hydrogens is 256 g/mol. The van der Waals surface area contributed by atoms with Crippen molar-refractivity contribution in [3.05, 3.63) is 28.0 Å². The van der Waals surface area contributed by atoms with Crippen molar-refractivity contribution in [2.24, 2.45) is 0 Å². The molecule has 0 spiro atoms. The van der Waals surface area contributed by atoms with E-state index in [1.807, 2.05) is 0 Å². The van der Waals surface area contributed by atoms with E-state index >= 15 is 0 Å². The van der Waals surface area contributed by atoms with Crippen LogP contribution < -0.4 is 0 Å². The molecule has 104 valence electrons. The van der Waals surface area contributed by atoms with E-state index in [0.29, 0.717) is 0 Å². The van der Waals surface area contributed by atoms with Gasteiger partial charge in [0.25, 0.3) is 5.91 Å². The molecule has 1 aromatic heterocycles. The van der Waals surface area contributed by atoms with E-state index in [0.717, 1.165) is 6.07 Å². The molecule has 0 saturated heterocycles. The number of methoxy groups -OCH3 is 1. The van der Waals surface area contributed by atoms with Gasteiger partial charge in [-0.3, -0.25) is 19.7 Å². The average Bonchev–Trinajstić information content (AvgIpc) is 2.84. The highest BCUT2D eigenvalue weighted by Gasteiger charge is 2.26. The molecule has 0 fully saturated rings. The molecule has 19 heavy (non-hydrogen) atoms. The molecule has 0 aliphatic carbocycles. The average molecular weight is 270 g/mol. The second-order valence-electron chi connectivity index (χ2n) is 4.00. The largest absolute Gasteiger partial charge is 0.468 e. The molecule has 0 N–H and O–H groups in total. The van der Waals surface area contributed by atoms with Crippen molar-refractivity contribution in [1.29, 1.82) is 0 Å². The zero-order chi connectivity index (χ0) is 14.6. The van der Waals surface area contributed by atoms with Gasteiger partial charge in [-0.05, 0) is 19.9 Å². The molecule has 1 aromatic rings. The summed E-state index contributed by atoms with van der Waals surface area (Å²) < 4.78 is 9.30. The van der Waals surface area contributed by atoms with Crippen LogP contribution >= 0.6 is 0 Å². The molecular formula is C11H14N2O6. The zero-order valence-electron chi connectivity index (χ0n) is 10.8. The summed E-state index contributed by atoms with van der Waals surface area (Å²) in [6, 6.07) is 2.01. The normalized spacial score (nSPS) is 10.3. The van der Waals surface area contributed by atoms with Crippen LogP contribution in [0.25, 0.3) is 0 Å². The first-order valence-electron chi connectivity index (χ1n) is 5.48. The summed E-state index contributed by atoms with van der Waals surface area (Å²) in [4.78, 5) is 34.2. The van der Waals surface area contributed by atoms with Crippen LogP contribution in [0.15, 0.2) is 16.5 Å². The molecule has 8 heteroatoms. The Hall–Kier alpha value is -2.38. The Bertz CT molecular complexity index is 493. The summed E-state index contributed by atoms with van der Waals surface area (Å²) in [5.41, 5.74) is 0. The second-order valence-corrected chi connectivity index (χ2v) is 4.00. The fourth-order valence-electron chi connectivity index (χ4n) is 1.37. The lowest BCUT2D eigenvalue weighted by atomic mass is 10.3. The first-order valence-corrected chi connectivity index (χ1v) is 5.48. The SMILES string of the molecule is COC(=O)CN(C(=O)c1ccc([N+](=O)[O-])o1)C(C)C. The number of furan rings is 1. The molecule has 0 bridgehead atoms. The highest BCUT2D eigenvalue weighted by molar-refractivity contribution is 5.94. The number of esters is 1. The van der Waals surface area contributed by atoms with Crippen molar-refractivity contribution >= 4 is 17.8 Å². The summed E-state index contributed by atoms with van der Waals surface area (Å²) in [5.74, 6) is -1.90. The van der Waals surface area contributed by atoms with Gasteiger partial charge >= 0.3 is 11.9 Å². The number of hydrogen-bond acceptors (Lipinski definition) is 6. The first-order chi connectivity index (χ1) is 8.86. The predicted molar refractivity (Wildman–Crippen MR) is 63.6 cm³/mol. The van der Waals surface area contributed by atoms with Crippen molar-refractivity contribution in [2.45, 2.75) is 19.9 Å². The Morgan fingerprint density at radius 1 is 1.47 bits per heavy atom. The number of carbonyl (C=O) groups is 2. The van der Waals surface area contributed by atoms with Crippen LogP contribution in [0.4, 0.5) is 5.88 Å². The number of carbonyl (C=O) groups excluding carboxylic acids is 2. The van der Waals surface area contributed by atoms with Gasteiger partial charge in [0.05, 0.1) is 13.2 Å². The van der Waals surface area contributed by atoms with Crippen LogP contribution in [-0.2, 0) is 9.53 Å². The number of nitrogens with zero attached hydrogens (tertiary/aromatic N) is 2. The van der Waals surface area contributed by atoms with Gasteiger partial charge in [0, 0.05) is 6.04 Å². The minimum Gasteiger partial charge on any atom is -0.468 e. The van der Waals surface area contributed by atoms with E-state index in [1.165, 1.54) is 18.1 Å². The predicted octanol–water partition coefficient (Wildman–Crippen LogP) is 1.21. The summed E-state index contributed by atoms with van der Waals surface area (Å²) in [7, 11) is 1.21. The minimum absolute atomic E-state index is 0.190. The van der Waals surface area contributed by atoms with Gasteiger partial charge in [-0.15, -0.1) is 0 Å². The highest BCUT2D eigenvalue weighted by atomic mass is 16.6. The standard InChI is InChI=1S/C11H14N2O6/c1-7(2)12(6-10(14)18-3)11(15)8-4-5-9(19-8)13(16)17/h4-5,7H,6H2,1-3H3. The van der Waals surface area contributed by atoms with Crippen LogP contribution in [-0.4, -0.2) is 41.4 Å². The van der Waals surface area contributed by atoms with Crippen LogP contribution in [0.2, 0.25) is 0 Å². The van der Waals surface area contributed by atoms with Crippen LogP contribution in [0, 0.1) is 10.1 Å². The fourth-order valence-corrected chi connectivity index (χ4v) is 1.37. The van der Waals surface area contributed by atoms with E-state index < -0.39 is 22.7 Å². The smallest absolute Gasteiger partial charge is 0.433 e. The van der Waals surface area contributed by atoms with Gasteiger partial charge in [-0.1, -0.05) is 0 Å². The maximum Gasteiger partial charge on any atom is 0.433 e. The third-order valence-corrected chi connectivity index (χ3v) is 2.39. The second kappa shape index (κ2) is 5.98. The summed E-state index contributed by atoms with van der Waals surface area (Å²) in [5, 5.41) is 10.5. The van der Waals surface area contributed by atoms with Gasteiger partial charge in [0.1, 0.15) is 11.5 Å². The Kier molecular flexibility index (Phi) is 4.62. The first kappa shape index (κ1) is 14.7. The molecule has 0 aliphatic rings. The summed E-state index contributed by atoms with van der Waals surface area (Å²) in [6.07, 6.45) is 0. The van der Waals surface area contributed by atoms with Crippen LogP contribution in [0.3, 0.4) is 0 Å². The van der Waals surface area contributed by atoms with Gasteiger partial charge < -0.3 is 14.1 Å². The molecule has 0 atom stereocenters. The summed E-state index contributed by atoms with van der Waals surface area (Å²) >= 11 is 0. The monoisotopic (exact) mass is 270 g/mol. The Morgan fingerprint density at radius 2 is 2.11 bits per heavy atom. The van der Waals surface area contributed by atoms with Gasteiger partial charge in [-0.25, -0.2) is 0 Å². The van der Waals surface area contributed by atoms with Crippen molar-refractivity contribution < 1.29 is 23.7 Å². The van der Waals surface area contributed by atoms with E-state index in [9.17, 15) is 19.7 Å². The van der Waals surface area contributed by atoms with E-state index in [-0.39, 0.29) is 18.3 Å². The van der Waals surface area contributed by atoms with Crippen molar-refractivity contribution in [1.82, 2.24) is 4.90 Å². The van der Waals surface area contributed by atoms with Crippen molar-refractivity contribution in [2.75, 3.05) is 13.7 Å². The lowest BCUT2D eigenvalue weighted by molar-refractivity contribution is -0.402. The highest BCUT2D eigenvalue weighted by Crippen LogP contribution is 2.18. The Labute approximate surface area is 109 Å². The number of hydrogen-bond donors (Lipinski definition) is 0.